The first-order valence-electron chi connectivity index (χ1n) is 20.8. The van der Waals surface area contributed by atoms with Crippen LogP contribution < -0.4 is 35.6 Å². The highest BCUT2D eigenvalue weighted by molar-refractivity contribution is 7.89. The van der Waals surface area contributed by atoms with Crippen molar-refractivity contribution >= 4 is 84.0 Å². The fourth-order valence-electron chi connectivity index (χ4n) is 7.58. The van der Waals surface area contributed by atoms with Gasteiger partial charge in [-0.1, -0.05) is 6.07 Å². The number of fused-ring (bicyclic) bond motifs is 1. The van der Waals surface area contributed by atoms with E-state index in [1.807, 2.05) is 0 Å². The lowest BCUT2D eigenvalue weighted by atomic mass is 9.93. The first kappa shape index (κ1) is 54.3. The lowest BCUT2D eigenvalue weighted by molar-refractivity contribution is -0.139. The third kappa shape index (κ3) is 17.4. The number of hydrogen-bond donors (Lipinski definition) is 10. The number of H-pyrrole nitrogens is 1. The minimum Gasteiger partial charge on any atom is -0.494 e. The number of aromatic amines is 1. The highest BCUT2D eigenvalue weighted by Crippen LogP contribution is 2.31. The minimum atomic E-state index is -4.56. The number of ketones is 1. The molecule has 0 fully saturated rings. The molecule has 27 heteroatoms. The second kappa shape index (κ2) is 24.1. The lowest BCUT2D eigenvalue weighted by Crippen LogP contribution is -2.54. The number of aromatic nitrogens is 2. The number of nitrogens with one attached hydrogen (secondary N) is 6. The van der Waals surface area contributed by atoms with E-state index in [1.54, 1.807) is 42.5 Å². The predicted molar refractivity (Wildman–Crippen MR) is 248 cm³/mol. The van der Waals surface area contributed by atoms with Crippen molar-refractivity contribution in [3.8, 4) is 5.75 Å². The number of carboxylic acids is 1. The molecule has 2 heterocycles. The summed E-state index contributed by atoms with van der Waals surface area (Å²) in [6.45, 7) is 2.84. The van der Waals surface area contributed by atoms with E-state index in [4.69, 9.17) is 4.74 Å². The molecule has 9 N–H and O–H groups in total. The number of thiol groups is 1. The van der Waals surface area contributed by atoms with Crippen molar-refractivity contribution in [3.63, 3.8) is 0 Å². The summed E-state index contributed by atoms with van der Waals surface area (Å²) < 4.78 is 100. The summed E-state index contributed by atoms with van der Waals surface area (Å²) in [5.74, 6) is -5.53. The van der Waals surface area contributed by atoms with Crippen LogP contribution in [0.3, 0.4) is 0 Å². The average Bonchev–Trinajstić information content (AvgIpc) is 3.75. The molecular formula is C40H56N8O15S4. The van der Waals surface area contributed by atoms with Gasteiger partial charge in [-0.15, -0.1) is 0 Å². The molecule has 0 bridgehead atoms. The number of nitrogens with zero attached hydrogens (tertiary/aromatic N) is 2. The zero-order valence-corrected chi connectivity index (χ0v) is 40.2. The first-order valence-corrected chi connectivity index (χ1v) is 26.2. The average molecular weight is 1020 g/mol. The molecule has 0 saturated heterocycles. The predicted octanol–water partition coefficient (Wildman–Crippen LogP) is 0.830. The van der Waals surface area contributed by atoms with E-state index >= 15 is 0 Å². The number of rotatable bonds is 27. The normalized spacial score (nSPS) is 15.5. The number of benzene rings is 2. The van der Waals surface area contributed by atoms with Crippen molar-refractivity contribution in [2.75, 3.05) is 54.2 Å². The Morgan fingerprint density at radius 1 is 0.970 bits per heavy atom. The van der Waals surface area contributed by atoms with Crippen molar-refractivity contribution in [2.45, 2.75) is 81.9 Å². The third-order valence-corrected chi connectivity index (χ3v) is 14.3. The van der Waals surface area contributed by atoms with Crippen LogP contribution in [0.4, 0.5) is 11.6 Å². The van der Waals surface area contributed by atoms with E-state index in [0.717, 1.165) is 5.56 Å². The van der Waals surface area contributed by atoms with Crippen molar-refractivity contribution in [2.24, 2.45) is 5.92 Å². The molecule has 0 radical (unpaired) electrons. The number of aliphatic carboxylic acids is 1. The van der Waals surface area contributed by atoms with Crippen LogP contribution in [0.15, 0.2) is 47.6 Å². The summed E-state index contributed by atoms with van der Waals surface area (Å²) in [4.78, 5) is 71.5. The first-order chi connectivity index (χ1) is 31.4. The summed E-state index contributed by atoms with van der Waals surface area (Å²) in [7, 11) is -11.9. The molecule has 370 valence electrons. The number of Topliss-reactive ketones (excluding diaryl/α,β-unsaturated/α-hetero) is 1. The van der Waals surface area contributed by atoms with E-state index in [0.29, 0.717) is 23.7 Å². The van der Waals surface area contributed by atoms with Crippen LogP contribution in [0.25, 0.3) is 0 Å². The Labute approximate surface area is 393 Å². The molecule has 4 rings (SSSR count). The van der Waals surface area contributed by atoms with Crippen LogP contribution in [-0.4, -0.2) is 141 Å². The maximum absolute atomic E-state index is 13.6. The largest absolute Gasteiger partial charge is 0.494 e. The van der Waals surface area contributed by atoms with Gasteiger partial charge >= 0.3 is 5.97 Å². The quantitative estimate of drug-likeness (QED) is 0.0287. The van der Waals surface area contributed by atoms with Gasteiger partial charge in [-0.3, -0.25) is 33.1 Å². The highest BCUT2D eigenvalue weighted by atomic mass is 32.2. The van der Waals surface area contributed by atoms with Gasteiger partial charge in [-0.2, -0.15) is 34.2 Å². The van der Waals surface area contributed by atoms with E-state index < -0.39 is 90.1 Å². The molecule has 1 aromatic heterocycles. The maximum Gasteiger partial charge on any atom is 0.323 e. The van der Waals surface area contributed by atoms with Gasteiger partial charge in [-0.25, -0.2) is 13.4 Å². The van der Waals surface area contributed by atoms with Crippen LogP contribution in [-0.2, 0) is 56.0 Å². The Morgan fingerprint density at radius 2 is 1.66 bits per heavy atom. The molecule has 0 saturated carbocycles. The Bertz CT molecular complexity index is 2570. The van der Waals surface area contributed by atoms with Crippen LogP contribution in [0.2, 0.25) is 0 Å². The Balaban J connectivity index is 1.26. The second-order valence-corrected chi connectivity index (χ2v) is 21.0. The Hall–Kier alpha value is -5.32. The summed E-state index contributed by atoms with van der Waals surface area (Å²) in [5.41, 5.74) is 2.15. The topological polar surface area (TPSA) is 350 Å². The number of sulfonamides is 1. The van der Waals surface area contributed by atoms with Crippen molar-refractivity contribution in [3.05, 3.63) is 65.0 Å². The molecule has 4 atom stereocenters. The third-order valence-electron chi connectivity index (χ3n) is 10.5. The minimum absolute atomic E-state index is 0.00845. The van der Waals surface area contributed by atoms with Crippen LogP contribution in [0.5, 0.6) is 5.75 Å². The number of aryl methyl sites for hydroxylation is 2. The Morgan fingerprint density at radius 3 is 2.27 bits per heavy atom. The van der Waals surface area contributed by atoms with Gasteiger partial charge in [0.1, 0.15) is 17.8 Å². The molecule has 1 unspecified atom stereocenters. The molecule has 67 heavy (non-hydrogen) atoms. The summed E-state index contributed by atoms with van der Waals surface area (Å²) in [5, 5.41) is 20.6. The smallest absolute Gasteiger partial charge is 0.323 e. The molecule has 3 aromatic rings. The number of carbonyl (C=O) groups is 5. The van der Waals surface area contributed by atoms with Crippen LogP contribution >= 0.6 is 12.6 Å². The summed E-state index contributed by atoms with van der Waals surface area (Å²) in [6, 6.07) is 4.11. The molecule has 0 spiro atoms. The van der Waals surface area contributed by atoms with Crippen molar-refractivity contribution in [1.82, 2.24) is 30.6 Å². The monoisotopic (exact) mass is 1020 g/mol. The van der Waals surface area contributed by atoms with Crippen LogP contribution in [0, 0.1) is 19.8 Å². The fourth-order valence-corrected chi connectivity index (χ4v) is 10.9. The highest BCUT2D eigenvalue weighted by Gasteiger charge is 2.36. The Kier molecular flexibility index (Phi) is 19.5. The molecule has 2 aromatic carbocycles. The van der Waals surface area contributed by atoms with Gasteiger partial charge in [0, 0.05) is 69.2 Å². The van der Waals surface area contributed by atoms with Gasteiger partial charge in [0.2, 0.25) is 27.7 Å². The maximum atomic E-state index is 13.6. The number of ether oxygens (including phenoxy) is 1. The van der Waals surface area contributed by atoms with Crippen molar-refractivity contribution in [1.29, 1.82) is 0 Å². The number of imidazole rings is 1. The van der Waals surface area contributed by atoms with E-state index in [2.05, 4.69) is 48.6 Å². The number of likely N-dealkylation sites (N-methyl/N-ethyl adjacent to an activating group) is 1. The van der Waals surface area contributed by atoms with Gasteiger partial charge in [0.15, 0.2) is 11.7 Å². The van der Waals surface area contributed by atoms with Gasteiger partial charge in [0.25, 0.3) is 20.2 Å². The zero-order chi connectivity index (χ0) is 49.7. The summed E-state index contributed by atoms with van der Waals surface area (Å²) in [6.07, 6.45) is 3.39. The molecule has 1 aliphatic heterocycles. The molecule has 1 aliphatic rings. The van der Waals surface area contributed by atoms with E-state index in [1.165, 1.54) is 26.0 Å². The molecular weight excluding hydrogens is 961 g/mol. The number of carbonyl (C=O) groups excluding carboxylic acids is 4. The standard InChI is InChI=1S/C40H56N8O15S4/c1-24-14-29(63-13-5-7-35(50)41-10-4-6-27(22-65(55,56)57)16-28(23-66(58,59)60)46-36(51)21-64)15-25(2)37(24)67(61,62)47-31(39(53)54)20-44-38(52)33-18-34(49)30-9-8-26(17-32(30)48(33)3)19-45-40-42-11-12-43-40/h8-9,11-12,14-15,17,27-28,31,33,47,64H,4-7,10,13,16,18-23H2,1-3H3,(H,41,50)(H,44,52)(H,46,51)(H,53,54)(H2,42,43,45)(H,55,56,57)(H,58,59,60)/t27-,28-,31+,33?/m1/s1. The second-order valence-electron chi connectivity index (χ2n) is 16.0. The van der Waals surface area contributed by atoms with E-state index in [-0.39, 0.29) is 90.9 Å². The molecule has 3 amide bonds. The van der Waals surface area contributed by atoms with Gasteiger partial charge < -0.3 is 41.0 Å². The van der Waals surface area contributed by atoms with Gasteiger partial charge in [0.05, 0.1) is 28.8 Å². The lowest BCUT2D eigenvalue weighted by Gasteiger charge is -2.34. The number of anilines is 2. The number of hydrogen-bond acceptors (Lipinski definition) is 16. The fraction of sp³-hybridized carbons (Fsp3) is 0.500. The molecule has 23 nitrogen and oxygen atoms in total. The van der Waals surface area contributed by atoms with Crippen LogP contribution in [0.1, 0.15) is 65.6 Å². The number of carboxylic acid groups (broad SMARTS) is 1. The SMILES string of the molecule is Cc1cc(OCCCC(=O)NCCC[C@H](C[C@H](CS(=O)(=O)O)NC(=O)CS)CS(=O)(=O)O)cc(C)c1S(=O)(=O)N[C@@H](CNC(=O)C1CC(=O)c2ccc(CNc3ncc[nH]3)cc2N1C)C(=O)O. The zero-order valence-electron chi connectivity index (χ0n) is 36.9. The van der Waals surface area contributed by atoms with Gasteiger partial charge in [-0.05, 0) is 86.4 Å². The molecule has 0 aliphatic carbocycles. The summed E-state index contributed by atoms with van der Waals surface area (Å²) >= 11 is 3.81. The van der Waals surface area contributed by atoms with Crippen molar-refractivity contribution < 1.29 is 68.2 Å². The van der Waals surface area contributed by atoms with E-state index in [9.17, 15) is 63.4 Å². The number of amides is 3.